The SMILES string of the molecule is CC.CCOC(=O)/C=C/C1(C)CN(C(=O)OC(C)(C)C)CCN1C(=O)OC(C)(C)C. The van der Waals surface area contributed by atoms with Crippen LogP contribution in [0.5, 0.6) is 0 Å². The first-order valence-electron chi connectivity index (χ1n) is 10.5. The number of carbonyl (C=O) groups excluding carboxylic acids is 3. The molecule has 0 radical (unpaired) electrons. The van der Waals surface area contributed by atoms with Crippen molar-refractivity contribution in [3.8, 4) is 0 Å². The Hall–Kier alpha value is -2.25. The summed E-state index contributed by atoms with van der Waals surface area (Å²) in [6, 6.07) is 0. The Morgan fingerprint density at radius 2 is 1.43 bits per heavy atom. The third-order valence-electron chi connectivity index (χ3n) is 3.85. The third kappa shape index (κ3) is 9.50. The average Bonchev–Trinajstić information content (AvgIpc) is 2.59. The molecule has 0 aromatic carbocycles. The van der Waals surface area contributed by atoms with Crippen LogP contribution < -0.4 is 0 Å². The van der Waals surface area contributed by atoms with E-state index in [-0.39, 0.29) is 19.7 Å². The van der Waals surface area contributed by atoms with Crippen LogP contribution in [0.3, 0.4) is 0 Å². The maximum atomic E-state index is 12.7. The van der Waals surface area contributed by atoms with Crippen molar-refractivity contribution in [2.45, 2.75) is 86.0 Å². The number of ether oxygens (including phenoxy) is 3. The monoisotopic (exact) mass is 428 g/mol. The van der Waals surface area contributed by atoms with Gasteiger partial charge in [0.15, 0.2) is 0 Å². The summed E-state index contributed by atoms with van der Waals surface area (Å²) in [4.78, 5) is 40.1. The molecular formula is C22H40N2O6. The van der Waals surface area contributed by atoms with Crippen molar-refractivity contribution in [2.75, 3.05) is 26.2 Å². The fraction of sp³-hybridized carbons (Fsp3) is 0.773. The van der Waals surface area contributed by atoms with Crippen LogP contribution in [0.4, 0.5) is 9.59 Å². The minimum Gasteiger partial charge on any atom is -0.463 e. The van der Waals surface area contributed by atoms with Gasteiger partial charge in [-0.15, -0.1) is 0 Å². The fourth-order valence-corrected chi connectivity index (χ4v) is 2.71. The summed E-state index contributed by atoms with van der Waals surface area (Å²) in [7, 11) is 0. The number of amides is 2. The Balaban J connectivity index is 0.00000407. The highest BCUT2D eigenvalue weighted by Gasteiger charge is 2.43. The molecule has 0 aromatic heterocycles. The molecule has 0 N–H and O–H groups in total. The summed E-state index contributed by atoms with van der Waals surface area (Å²) in [5, 5.41) is 0. The molecule has 8 heteroatoms. The second-order valence-corrected chi connectivity index (χ2v) is 8.98. The van der Waals surface area contributed by atoms with Gasteiger partial charge < -0.3 is 19.1 Å². The smallest absolute Gasteiger partial charge is 0.411 e. The van der Waals surface area contributed by atoms with E-state index in [1.807, 2.05) is 13.8 Å². The van der Waals surface area contributed by atoms with E-state index in [1.165, 1.54) is 15.9 Å². The molecule has 1 heterocycles. The van der Waals surface area contributed by atoms with Crippen LogP contribution in [-0.4, -0.2) is 70.9 Å². The number of nitrogens with zero attached hydrogens (tertiary/aromatic N) is 2. The molecule has 8 nitrogen and oxygen atoms in total. The Morgan fingerprint density at radius 3 is 1.90 bits per heavy atom. The summed E-state index contributed by atoms with van der Waals surface area (Å²) in [6.45, 7) is 19.2. The van der Waals surface area contributed by atoms with Crippen molar-refractivity contribution in [2.24, 2.45) is 0 Å². The van der Waals surface area contributed by atoms with Crippen LogP contribution in [0, 0.1) is 0 Å². The number of hydrogen-bond donors (Lipinski definition) is 0. The standard InChI is InChI=1S/C20H34N2O6.C2H6/c1-9-26-15(23)10-11-20(8)14-21(16(24)27-18(2,3)4)12-13-22(20)17(25)28-19(5,6)7;1-2/h10-11H,9,12-14H2,1-8H3;1-2H3/b11-10+;. The molecule has 1 atom stereocenters. The summed E-state index contributed by atoms with van der Waals surface area (Å²) < 4.78 is 15.9. The molecule has 0 saturated carbocycles. The third-order valence-corrected chi connectivity index (χ3v) is 3.85. The van der Waals surface area contributed by atoms with Crippen LogP contribution in [0.15, 0.2) is 12.2 Å². The largest absolute Gasteiger partial charge is 0.463 e. The number of esters is 1. The van der Waals surface area contributed by atoms with E-state index >= 15 is 0 Å². The molecular weight excluding hydrogens is 388 g/mol. The Morgan fingerprint density at radius 1 is 0.933 bits per heavy atom. The van der Waals surface area contributed by atoms with Gasteiger partial charge in [0.2, 0.25) is 0 Å². The summed E-state index contributed by atoms with van der Waals surface area (Å²) in [5.41, 5.74) is -2.24. The van der Waals surface area contributed by atoms with Gasteiger partial charge in [0.1, 0.15) is 11.2 Å². The molecule has 30 heavy (non-hydrogen) atoms. The normalized spacial score (nSPS) is 19.7. The molecule has 174 valence electrons. The number of piperazine rings is 1. The molecule has 0 aliphatic carbocycles. The van der Waals surface area contributed by atoms with E-state index in [0.717, 1.165) is 0 Å². The molecule has 1 rings (SSSR count). The van der Waals surface area contributed by atoms with Crippen LogP contribution >= 0.6 is 0 Å². The lowest BCUT2D eigenvalue weighted by molar-refractivity contribution is -0.137. The topological polar surface area (TPSA) is 85.4 Å². The number of carbonyl (C=O) groups is 3. The molecule has 1 saturated heterocycles. The molecule has 0 aromatic rings. The highest BCUT2D eigenvalue weighted by molar-refractivity contribution is 5.82. The highest BCUT2D eigenvalue weighted by Crippen LogP contribution is 2.27. The van der Waals surface area contributed by atoms with Crippen molar-refractivity contribution in [3.05, 3.63) is 12.2 Å². The zero-order chi connectivity index (χ0) is 23.8. The van der Waals surface area contributed by atoms with Crippen molar-refractivity contribution >= 4 is 18.2 Å². The summed E-state index contributed by atoms with van der Waals surface area (Å²) >= 11 is 0. The van der Waals surface area contributed by atoms with Gasteiger partial charge in [-0.05, 0) is 55.4 Å². The Kier molecular flexibility index (Phi) is 10.4. The average molecular weight is 429 g/mol. The lowest BCUT2D eigenvalue weighted by atomic mass is 9.96. The van der Waals surface area contributed by atoms with E-state index in [1.54, 1.807) is 61.5 Å². The Bertz CT molecular complexity index is 618. The molecule has 1 aliphatic rings. The van der Waals surface area contributed by atoms with Gasteiger partial charge in [0.05, 0.1) is 18.7 Å². The maximum absolute atomic E-state index is 12.7. The first-order chi connectivity index (χ1) is 13.7. The van der Waals surface area contributed by atoms with E-state index < -0.39 is 34.9 Å². The minimum absolute atomic E-state index is 0.164. The molecule has 1 unspecified atom stereocenters. The van der Waals surface area contributed by atoms with Gasteiger partial charge in [0.25, 0.3) is 0 Å². The first kappa shape index (κ1) is 27.8. The van der Waals surface area contributed by atoms with Gasteiger partial charge in [0, 0.05) is 19.2 Å². The first-order valence-corrected chi connectivity index (χ1v) is 10.5. The van der Waals surface area contributed by atoms with Crippen LogP contribution in [0.25, 0.3) is 0 Å². The molecule has 1 fully saturated rings. The lowest BCUT2D eigenvalue weighted by Gasteiger charge is -2.47. The highest BCUT2D eigenvalue weighted by atomic mass is 16.6. The maximum Gasteiger partial charge on any atom is 0.411 e. The van der Waals surface area contributed by atoms with Gasteiger partial charge in [-0.2, -0.15) is 0 Å². The van der Waals surface area contributed by atoms with Gasteiger partial charge in [-0.1, -0.05) is 19.9 Å². The molecule has 0 spiro atoms. The molecule has 1 aliphatic heterocycles. The van der Waals surface area contributed by atoms with Crippen molar-refractivity contribution in [1.82, 2.24) is 9.80 Å². The zero-order valence-corrected chi connectivity index (χ0v) is 20.3. The predicted octanol–water partition coefficient (Wildman–Crippen LogP) is 4.38. The quantitative estimate of drug-likeness (QED) is 0.377. The van der Waals surface area contributed by atoms with Crippen molar-refractivity contribution in [3.63, 3.8) is 0 Å². The van der Waals surface area contributed by atoms with Crippen LogP contribution in [0.2, 0.25) is 0 Å². The van der Waals surface area contributed by atoms with Gasteiger partial charge >= 0.3 is 18.2 Å². The predicted molar refractivity (Wildman–Crippen MR) is 116 cm³/mol. The Labute approximate surface area is 181 Å². The lowest BCUT2D eigenvalue weighted by Crippen LogP contribution is -2.63. The summed E-state index contributed by atoms with van der Waals surface area (Å²) in [6.07, 6.45) is 1.88. The fourth-order valence-electron chi connectivity index (χ4n) is 2.71. The van der Waals surface area contributed by atoms with E-state index in [2.05, 4.69) is 0 Å². The molecule has 2 amide bonds. The minimum atomic E-state index is -0.954. The van der Waals surface area contributed by atoms with Gasteiger partial charge in [-0.3, -0.25) is 4.90 Å². The summed E-state index contributed by atoms with van der Waals surface area (Å²) in [5.74, 6) is -0.512. The molecule has 0 bridgehead atoms. The zero-order valence-electron chi connectivity index (χ0n) is 20.3. The van der Waals surface area contributed by atoms with E-state index in [4.69, 9.17) is 14.2 Å². The van der Waals surface area contributed by atoms with E-state index in [0.29, 0.717) is 6.54 Å². The number of rotatable bonds is 3. The second-order valence-electron chi connectivity index (χ2n) is 8.98. The van der Waals surface area contributed by atoms with Crippen LogP contribution in [-0.2, 0) is 19.0 Å². The van der Waals surface area contributed by atoms with Crippen LogP contribution in [0.1, 0.15) is 69.2 Å². The van der Waals surface area contributed by atoms with E-state index in [9.17, 15) is 14.4 Å². The van der Waals surface area contributed by atoms with Crippen molar-refractivity contribution in [1.29, 1.82) is 0 Å². The number of hydrogen-bond acceptors (Lipinski definition) is 6. The van der Waals surface area contributed by atoms with Crippen molar-refractivity contribution < 1.29 is 28.6 Å². The van der Waals surface area contributed by atoms with Gasteiger partial charge in [-0.25, -0.2) is 14.4 Å². The second kappa shape index (κ2) is 11.2.